The van der Waals surface area contributed by atoms with Crippen LogP contribution in [0.2, 0.25) is 0 Å². The highest BCUT2D eigenvalue weighted by Gasteiger charge is 2.45. The number of quaternary nitrogens is 2. The van der Waals surface area contributed by atoms with Crippen LogP contribution >= 0.6 is 15.9 Å². The van der Waals surface area contributed by atoms with Gasteiger partial charge in [-0.1, -0.05) is 18.2 Å². The molecule has 0 radical (unpaired) electrons. The number of aliphatic carboxylic acids is 2. The summed E-state index contributed by atoms with van der Waals surface area (Å²) in [5, 5.41) is 20.3. The summed E-state index contributed by atoms with van der Waals surface area (Å²) in [5.41, 5.74) is 5.93. The lowest BCUT2D eigenvalue weighted by atomic mass is 9.85. The van der Waals surface area contributed by atoms with Crippen molar-refractivity contribution >= 4 is 27.9 Å². The summed E-state index contributed by atoms with van der Waals surface area (Å²) in [6, 6.07) is 19.2. The molecule has 4 atom stereocenters. The highest BCUT2D eigenvalue weighted by Crippen LogP contribution is 2.52. The Morgan fingerprint density at radius 3 is 1.92 bits per heavy atom. The summed E-state index contributed by atoms with van der Waals surface area (Å²) in [4.78, 5) is 24.8. The maximum absolute atomic E-state index is 12.5. The Hall–Kier alpha value is -4.78. The number of fused-ring (bicyclic) bond motifs is 2. The van der Waals surface area contributed by atoms with Crippen molar-refractivity contribution in [2.45, 2.75) is 37.8 Å². The molecule has 8 rings (SSSR count). The first-order chi connectivity index (χ1) is 25.3. The summed E-state index contributed by atoms with van der Waals surface area (Å²) < 4.78 is 32.2. The first-order valence-electron chi connectivity index (χ1n) is 17.7. The van der Waals surface area contributed by atoms with E-state index in [1.807, 2.05) is 74.8 Å². The minimum absolute atomic E-state index is 0.0413. The van der Waals surface area contributed by atoms with Gasteiger partial charge in [-0.05, 0) is 80.6 Å². The molecule has 0 saturated carbocycles. The molecule has 12 heteroatoms. The molecule has 4 aromatic carbocycles. The topological polar surface area (TPSA) is 121 Å². The number of carboxylic acids is 2. The number of methoxy groups -OCH3 is 3. The van der Waals surface area contributed by atoms with Crippen LogP contribution in [-0.2, 0) is 35.3 Å². The second kappa shape index (κ2) is 14.2. The smallest absolute Gasteiger partial charge is 0.359 e. The lowest BCUT2D eigenvalue weighted by Gasteiger charge is -2.45. The van der Waals surface area contributed by atoms with E-state index in [-0.39, 0.29) is 29.7 Å². The predicted octanol–water partition coefficient (Wildman–Crippen LogP) is 7.12. The molecule has 0 aliphatic carbocycles. The van der Waals surface area contributed by atoms with Crippen molar-refractivity contribution in [3.05, 3.63) is 98.5 Å². The van der Waals surface area contributed by atoms with E-state index in [4.69, 9.17) is 23.7 Å². The number of nitrogens with zero attached hydrogens (tertiary/aromatic N) is 2. The molecular weight excluding hydrogens is 744 g/mol. The monoisotopic (exact) mass is 788 g/mol. The molecule has 278 valence electrons. The molecule has 4 unspecified atom stereocenters. The van der Waals surface area contributed by atoms with Crippen molar-refractivity contribution in [2.24, 2.45) is 0 Å². The number of halogens is 1. The van der Waals surface area contributed by atoms with Crippen molar-refractivity contribution in [3.8, 4) is 40.2 Å². The number of carbonyl (C=O) groups is 2. The molecular formula is C41H45BrN2O9+2. The van der Waals surface area contributed by atoms with Crippen LogP contribution in [0.1, 0.15) is 45.5 Å². The summed E-state index contributed by atoms with van der Waals surface area (Å²) in [7, 11) is 8.83. The minimum atomic E-state index is -0.891. The quantitative estimate of drug-likeness (QED) is 0.189. The Labute approximate surface area is 317 Å². The Balaban J connectivity index is 1.50. The molecule has 0 aromatic heterocycles. The van der Waals surface area contributed by atoms with E-state index in [9.17, 15) is 19.8 Å². The van der Waals surface area contributed by atoms with Gasteiger partial charge in [0.2, 0.25) is 0 Å². The zero-order chi connectivity index (χ0) is 37.7. The molecule has 0 spiro atoms. The molecule has 53 heavy (non-hydrogen) atoms. The standard InChI is InChI=1S/C41H43BrN2O9/c1-43(22-37(45)46)14-12-26-19-33(50-4)35-21-29(26)30(43)16-24-6-9-28(10-7-24)52-34-18-25(8-11-32(34)49-3)17-31-39-27(13-15-44(31,2)23-38(47)48)20-36(51-5)40(42)41(39)53-35/h6-11,18-21,30-31H,12-17,22-23H2,1-5H3/p+2. The van der Waals surface area contributed by atoms with E-state index in [2.05, 4.69) is 15.9 Å². The highest BCUT2D eigenvalue weighted by atomic mass is 79.9. The molecule has 6 bridgehead atoms. The molecule has 0 amide bonds. The molecule has 0 fully saturated rings. The van der Waals surface area contributed by atoms with Crippen LogP contribution in [0.15, 0.2) is 65.1 Å². The van der Waals surface area contributed by atoms with Crippen LogP contribution in [0.5, 0.6) is 40.2 Å². The van der Waals surface area contributed by atoms with Gasteiger partial charge in [-0.25, -0.2) is 9.59 Å². The first-order valence-corrected chi connectivity index (χ1v) is 18.5. The first kappa shape index (κ1) is 36.6. The van der Waals surface area contributed by atoms with Crippen LogP contribution in [0.4, 0.5) is 0 Å². The zero-order valence-electron chi connectivity index (χ0n) is 30.6. The Morgan fingerprint density at radius 2 is 1.28 bits per heavy atom. The number of ether oxygens (including phenoxy) is 5. The number of hydrogen-bond donors (Lipinski definition) is 2. The van der Waals surface area contributed by atoms with E-state index in [0.29, 0.717) is 88.0 Å². The average Bonchev–Trinajstić information content (AvgIpc) is 3.11. The van der Waals surface area contributed by atoms with Gasteiger partial charge in [-0.2, -0.15) is 0 Å². The van der Waals surface area contributed by atoms with Crippen molar-refractivity contribution in [1.29, 1.82) is 0 Å². The van der Waals surface area contributed by atoms with E-state index in [0.717, 1.165) is 33.4 Å². The SMILES string of the molecule is COc1ccc2cc1Oc1ccc(cc1)CC1c3cc(c(OC)cc3CC[N+]1(C)CC(=O)O)Oc1c(Br)c(OC)cc3c1C(C2)[N+](C)(CC(=O)O)CC3. The molecule has 2 N–H and O–H groups in total. The predicted molar refractivity (Wildman–Crippen MR) is 201 cm³/mol. The molecule has 0 saturated heterocycles. The van der Waals surface area contributed by atoms with Gasteiger partial charge in [0.25, 0.3) is 0 Å². The van der Waals surface area contributed by atoms with E-state index < -0.39 is 11.9 Å². The number of benzene rings is 4. The third kappa shape index (κ3) is 6.91. The van der Waals surface area contributed by atoms with Gasteiger partial charge in [0, 0.05) is 31.2 Å². The molecule has 4 aromatic rings. The number of carboxylic acid groups (broad SMARTS) is 2. The van der Waals surface area contributed by atoms with Gasteiger partial charge in [0.05, 0.1) is 54.1 Å². The highest BCUT2D eigenvalue weighted by molar-refractivity contribution is 9.10. The molecule has 4 heterocycles. The lowest BCUT2D eigenvalue weighted by Crippen LogP contribution is -2.54. The number of likely N-dealkylation sites (N-methyl/N-ethyl adjacent to an activating group) is 2. The summed E-state index contributed by atoms with van der Waals surface area (Å²) in [6.07, 6.45) is 2.33. The fourth-order valence-corrected chi connectivity index (χ4v) is 9.12. The van der Waals surface area contributed by atoms with Gasteiger partial charge in [0.15, 0.2) is 41.8 Å². The van der Waals surface area contributed by atoms with Crippen LogP contribution in [0.25, 0.3) is 0 Å². The van der Waals surface area contributed by atoms with Crippen molar-refractivity contribution in [3.63, 3.8) is 0 Å². The number of hydrogen-bond acceptors (Lipinski definition) is 7. The third-order valence-electron chi connectivity index (χ3n) is 11.4. The fraction of sp³-hybridized carbons (Fsp3) is 0.366. The van der Waals surface area contributed by atoms with Gasteiger partial charge < -0.3 is 42.9 Å². The molecule has 4 aliphatic rings. The second-order valence-electron chi connectivity index (χ2n) is 14.8. The lowest BCUT2D eigenvalue weighted by molar-refractivity contribution is -0.934. The van der Waals surface area contributed by atoms with E-state index in [1.165, 1.54) is 0 Å². The van der Waals surface area contributed by atoms with Gasteiger partial charge >= 0.3 is 11.9 Å². The minimum Gasteiger partial charge on any atom is -0.495 e. The summed E-state index contributed by atoms with van der Waals surface area (Å²) >= 11 is 3.82. The van der Waals surface area contributed by atoms with Gasteiger partial charge in [-0.15, -0.1) is 0 Å². The second-order valence-corrected chi connectivity index (χ2v) is 15.6. The summed E-state index contributed by atoms with van der Waals surface area (Å²) in [6.45, 7) is 1.09. The number of rotatable bonds is 7. The Bertz CT molecular complexity index is 2090. The molecule has 4 aliphatic heterocycles. The molecule has 11 nitrogen and oxygen atoms in total. The maximum atomic E-state index is 12.5. The normalized spacial score (nSPS) is 23.0. The summed E-state index contributed by atoms with van der Waals surface area (Å²) in [5.74, 6) is 2.12. The van der Waals surface area contributed by atoms with Crippen molar-refractivity contribution < 1.29 is 52.5 Å². The van der Waals surface area contributed by atoms with Crippen molar-refractivity contribution in [2.75, 3.05) is 61.6 Å². The van der Waals surface area contributed by atoms with Crippen LogP contribution in [-0.4, -0.2) is 92.7 Å². The zero-order valence-corrected chi connectivity index (χ0v) is 32.2. The van der Waals surface area contributed by atoms with Crippen LogP contribution < -0.4 is 23.7 Å². The van der Waals surface area contributed by atoms with Gasteiger partial charge in [0.1, 0.15) is 28.1 Å². The van der Waals surface area contributed by atoms with E-state index in [1.54, 1.807) is 21.3 Å². The van der Waals surface area contributed by atoms with Gasteiger partial charge in [-0.3, -0.25) is 0 Å². The van der Waals surface area contributed by atoms with Crippen molar-refractivity contribution in [1.82, 2.24) is 0 Å². The maximum Gasteiger partial charge on any atom is 0.359 e. The van der Waals surface area contributed by atoms with Crippen LogP contribution in [0, 0.1) is 0 Å². The Kier molecular flexibility index (Phi) is 9.81. The largest absolute Gasteiger partial charge is 0.495 e. The van der Waals surface area contributed by atoms with E-state index >= 15 is 0 Å². The average molecular weight is 790 g/mol. The Morgan fingerprint density at radius 1 is 0.717 bits per heavy atom. The third-order valence-corrected chi connectivity index (χ3v) is 12.1. The van der Waals surface area contributed by atoms with Crippen LogP contribution in [0.3, 0.4) is 0 Å². The fourth-order valence-electron chi connectivity index (χ4n) is 8.54.